The number of carbonyl (C=O) groups is 2. The molecule has 4 rings (SSSR count). The molecule has 4 aromatic rings. The summed E-state index contributed by atoms with van der Waals surface area (Å²) in [5.74, 6) is 0.115. The second kappa shape index (κ2) is 13.1. The first-order valence-electron chi connectivity index (χ1n) is 13.5. The summed E-state index contributed by atoms with van der Waals surface area (Å²) in [7, 11) is 3.21. The SMILES string of the molecule is CCCCC(NC(=O)C(CNC(=O)c1cc2ccccc2[nH]1)c1ccc(O)cc1)c1c(OC)cc(C)cc1OC. The molecule has 1 heterocycles. The van der Waals surface area contributed by atoms with E-state index in [0.717, 1.165) is 34.9 Å². The average Bonchev–Trinajstić information content (AvgIpc) is 3.40. The molecule has 2 unspecified atom stereocenters. The lowest BCUT2D eigenvalue weighted by molar-refractivity contribution is -0.123. The highest BCUT2D eigenvalue weighted by Gasteiger charge is 2.28. The molecule has 0 aliphatic rings. The lowest BCUT2D eigenvalue weighted by atomic mass is 9.94. The number of fused-ring (bicyclic) bond motifs is 1. The van der Waals surface area contributed by atoms with Gasteiger partial charge in [0.2, 0.25) is 5.91 Å². The van der Waals surface area contributed by atoms with Gasteiger partial charge in [0.15, 0.2) is 0 Å². The normalized spacial score (nSPS) is 12.5. The van der Waals surface area contributed by atoms with E-state index in [0.29, 0.717) is 29.2 Å². The Labute approximate surface area is 234 Å². The van der Waals surface area contributed by atoms with Crippen molar-refractivity contribution in [2.45, 2.75) is 45.1 Å². The zero-order valence-electron chi connectivity index (χ0n) is 23.4. The topological polar surface area (TPSA) is 113 Å². The van der Waals surface area contributed by atoms with Crippen molar-refractivity contribution in [1.82, 2.24) is 15.6 Å². The highest BCUT2D eigenvalue weighted by Crippen LogP contribution is 2.38. The fourth-order valence-corrected chi connectivity index (χ4v) is 4.94. The van der Waals surface area contributed by atoms with Crippen molar-refractivity contribution in [3.63, 3.8) is 0 Å². The Morgan fingerprint density at radius 1 is 0.975 bits per heavy atom. The van der Waals surface area contributed by atoms with Gasteiger partial charge in [-0.05, 0) is 60.9 Å². The van der Waals surface area contributed by atoms with Crippen molar-refractivity contribution in [2.24, 2.45) is 0 Å². The molecule has 0 saturated carbocycles. The minimum atomic E-state index is -0.708. The molecule has 0 aliphatic carbocycles. The molecule has 0 spiro atoms. The van der Waals surface area contributed by atoms with E-state index in [-0.39, 0.29) is 30.2 Å². The van der Waals surface area contributed by atoms with Crippen molar-refractivity contribution in [3.8, 4) is 17.2 Å². The van der Waals surface area contributed by atoms with Gasteiger partial charge in [0.25, 0.3) is 5.91 Å². The smallest absolute Gasteiger partial charge is 0.267 e. The molecule has 0 aliphatic heterocycles. The maximum atomic E-state index is 13.9. The van der Waals surface area contributed by atoms with E-state index >= 15 is 0 Å². The van der Waals surface area contributed by atoms with E-state index in [1.165, 1.54) is 12.1 Å². The van der Waals surface area contributed by atoms with Crippen LogP contribution in [0.5, 0.6) is 17.2 Å². The zero-order chi connectivity index (χ0) is 28.6. The van der Waals surface area contributed by atoms with E-state index in [2.05, 4.69) is 22.5 Å². The molecule has 2 atom stereocenters. The van der Waals surface area contributed by atoms with Gasteiger partial charge in [0.05, 0.1) is 31.7 Å². The van der Waals surface area contributed by atoms with Crippen molar-refractivity contribution in [2.75, 3.05) is 20.8 Å². The molecule has 1 aromatic heterocycles. The molecule has 0 saturated heterocycles. The Balaban J connectivity index is 1.61. The van der Waals surface area contributed by atoms with Crippen LogP contribution in [0, 0.1) is 6.92 Å². The van der Waals surface area contributed by atoms with Crippen LogP contribution in [0.15, 0.2) is 66.7 Å². The fourth-order valence-electron chi connectivity index (χ4n) is 4.94. The van der Waals surface area contributed by atoms with Crippen LogP contribution >= 0.6 is 0 Å². The number of nitrogens with one attached hydrogen (secondary N) is 3. The molecule has 8 nitrogen and oxygen atoms in total. The molecule has 3 aromatic carbocycles. The number of phenolic OH excluding ortho intramolecular Hbond substituents is 1. The number of aromatic nitrogens is 1. The van der Waals surface area contributed by atoms with Crippen LogP contribution in [0.2, 0.25) is 0 Å². The lowest BCUT2D eigenvalue weighted by Crippen LogP contribution is -2.39. The Bertz CT molecular complexity index is 1400. The van der Waals surface area contributed by atoms with Crippen LogP contribution in [0.3, 0.4) is 0 Å². The monoisotopic (exact) mass is 543 g/mol. The number of hydrogen-bond acceptors (Lipinski definition) is 5. The van der Waals surface area contributed by atoms with Crippen LogP contribution in [-0.4, -0.2) is 42.7 Å². The number of amides is 2. The number of H-pyrrole nitrogens is 1. The van der Waals surface area contributed by atoms with Gasteiger partial charge in [0.1, 0.15) is 22.9 Å². The second-order valence-electron chi connectivity index (χ2n) is 9.91. The van der Waals surface area contributed by atoms with Gasteiger partial charge in [-0.1, -0.05) is 50.1 Å². The van der Waals surface area contributed by atoms with E-state index in [9.17, 15) is 14.7 Å². The minimum Gasteiger partial charge on any atom is -0.508 e. The summed E-state index contributed by atoms with van der Waals surface area (Å²) < 4.78 is 11.4. The zero-order valence-corrected chi connectivity index (χ0v) is 23.4. The quantitative estimate of drug-likeness (QED) is 0.181. The van der Waals surface area contributed by atoms with E-state index in [1.807, 2.05) is 43.3 Å². The largest absolute Gasteiger partial charge is 0.508 e. The molecule has 0 bridgehead atoms. The van der Waals surface area contributed by atoms with Gasteiger partial charge in [0, 0.05) is 17.4 Å². The number of methoxy groups -OCH3 is 2. The molecular formula is C32H37N3O5. The summed E-state index contributed by atoms with van der Waals surface area (Å²) in [6.07, 6.45) is 2.51. The van der Waals surface area contributed by atoms with E-state index in [4.69, 9.17) is 9.47 Å². The highest BCUT2D eigenvalue weighted by atomic mass is 16.5. The summed E-state index contributed by atoms with van der Waals surface area (Å²) in [5.41, 5.74) is 3.72. The summed E-state index contributed by atoms with van der Waals surface area (Å²) in [6.45, 7) is 4.12. The molecule has 8 heteroatoms. The molecule has 0 radical (unpaired) electrons. The van der Waals surface area contributed by atoms with Gasteiger partial charge in [-0.3, -0.25) is 9.59 Å². The number of carbonyl (C=O) groups excluding carboxylic acids is 2. The molecule has 4 N–H and O–H groups in total. The number of unbranched alkanes of at least 4 members (excludes halogenated alkanes) is 1. The summed E-state index contributed by atoms with van der Waals surface area (Å²) in [5, 5.41) is 16.9. The first-order chi connectivity index (χ1) is 19.3. The lowest BCUT2D eigenvalue weighted by Gasteiger charge is -2.26. The summed E-state index contributed by atoms with van der Waals surface area (Å²) in [6, 6.07) is 19.4. The van der Waals surface area contributed by atoms with Gasteiger partial charge >= 0.3 is 0 Å². The number of phenols is 1. The molecule has 0 fully saturated rings. The van der Waals surface area contributed by atoms with Gasteiger partial charge in [-0.2, -0.15) is 0 Å². The average molecular weight is 544 g/mol. The molecule has 210 valence electrons. The summed E-state index contributed by atoms with van der Waals surface area (Å²) >= 11 is 0. The van der Waals surface area contributed by atoms with E-state index in [1.54, 1.807) is 32.4 Å². The standard InChI is InChI=1S/C32H37N3O5/c1-5-6-10-26(30-28(39-3)16-20(2)17-29(30)40-4)35-31(37)24(21-12-14-23(36)15-13-21)19-33-32(38)27-18-22-9-7-8-11-25(22)34-27/h7-9,11-18,24,26,34,36H,5-6,10,19H2,1-4H3,(H,33,38)(H,35,37). The number of ether oxygens (including phenoxy) is 2. The third-order valence-electron chi connectivity index (χ3n) is 7.05. The number of para-hydroxylation sites is 1. The second-order valence-corrected chi connectivity index (χ2v) is 9.91. The predicted octanol–water partition coefficient (Wildman–Crippen LogP) is 5.76. The van der Waals surface area contributed by atoms with Gasteiger partial charge in [-0.25, -0.2) is 0 Å². The van der Waals surface area contributed by atoms with Gasteiger partial charge < -0.3 is 30.2 Å². The van der Waals surface area contributed by atoms with Crippen LogP contribution in [0.4, 0.5) is 0 Å². The number of aryl methyl sites for hydroxylation is 1. The molecule has 40 heavy (non-hydrogen) atoms. The Morgan fingerprint density at radius 3 is 2.27 bits per heavy atom. The predicted molar refractivity (Wildman–Crippen MR) is 156 cm³/mol. The Hall–Kier alpha value is -4.46. The summed E-state index contributed by atoms with van der Waals surface area (Å²) in [4.78, 5) is 30.1. The van der Waals surface area contributed by atoms with Crippen molar-refractivity contribution < 1.29 is 24.2 Å². The van der Waals surface area contributed by atoms with Crippen LogP contribution in [0.25, 0.3) is 10.9 Å². The van der Waals surface area contributed by atoms with Crippen molar-refractivity contribution >= 4 is 22.7 Å². The fraction of sp³-hybridized carbons (Fsp3) is 0.312. The number of aromatic hydroxyl groups is 1. The third kappa shape index (κ3) is 6.57. The Kier molecular flexibility index (Phi) is 9.32. The first kappa shape index (κ1) is 28.5. The molecular weight excluding hydrogens is 506 g/mol. The number of aromatic amines is 1. The number of benzene rings is 3. The van der Waals surface area contributed by atoms with Crippen LogP contribution in [-0.2, 0) is 4.79 Å². The third-order valence-corrected chi connectivity index (χ3v) is 7.05. The van der Waals surface area contributed by atoms with E-state index < -0.39 is 5.92 Å². The van der Waals surface area contributed by atoms with Crippen LogP contribution < -0.4 is 20.1 Å². The maximum absolute atomic E-state index is 13.9. The van der Waals surface area contributed by atoms with Crippen molar-refractivity contribution in [1.29, 1.82) is 0 Å². The first-order valence-corrected chi connectivity index (χ1v) is 13.5. The van der Waals surface area contributed by atoms with Crippen molar-refractivity contribution in [3.05, 3.63) is 89.1 Å². The van der Waals surface area contributed by atoms with Crippen LogP contribution in [0.1, 0.15) is 65.3 Å². The number of hydrogen-bond donors (Lipinski definition) is 4. The minimum absolute atomic E-state index is 0.0630. The maximum Gasteiger partial charge on any atom is 0.267 e. The highest BCUT2D eigenvalue weighted by molar-refractivity contribution is 5.98. The number of rotatable bonds is 12. The molecule has 2 amide bonds. The van der Waals surface area contributed by atoms with Gasteiger partial charge in [-0.15, -0.1) is 0 Å². The Morgan fingerprint density at radius 2 is 1.65 bits per heavy atom.